The molecule has 0 spiro atoms. The summed E-state index contributed by atoms with van der Waals surface area (Å²) in [5.74, 6) is -0.428. The molecule has 1 fully saturated rings. The van der Waals surface area contributed by atoms with Gasteiger partial charge in [-0.25, -0.2) is 9.18 Å². The highest BCUT2D eigenvalue weighted by atomic mass is 19.1. The Morgan fingerprint density at radius 2 is 2.00 bits per heavy atom. The summed E-state index contributed by atoms with van der Waals surface area (Å²) in [5.41, 5.74) is 8.12. The SMILES string of the molecule is NCc1ccc(-c2ccc(N3C[C@H](CO)OC3=O)cc2F)cc1. The molecular weight excluding hydrogens is 299 g/mol. The van der Waals surface area contributed by atoms with E-state index in [4.69, 9.17) is 15.6 Å². The smallest absolute Gasteiger partial charge is 0.414 e. The number of amides is 1. The Morgan fingerprint density at radius 1 is 1.26 bits per heavy atom. The van der Waals surface area contributed by atoms with Gasteiger partial charge in [0, 0.05) is 12.1 Å². The molecule has 6 heteroatoms. The molecular formula is C17H17FN2O3. The average molecular weight is 316 g/mol. The predicted octanol–water partition coefficient (Wildman–Crippen LogP) is 2.27. The number of benzene rings is 2. The van der Waals surface area contributed by atoms with Crippen molar-refractivity contribution in [2.24, 2.45) is 5.73 Å². The van der Waals surface area contributed by atoms with Gasteiger partial charge in [0.25, 0.3) is 0 Å². The summed E-state index contributed by atoms with van der Waals surface area (Å²) >= 11 is 0. The van der Waals surface area contributed by atoms with Gasteiger partial charge in [0.15, 0.2) is 0 Å². The summed E-state index contributed by atoms with van der Waals surface area (Å²) in [7, 11) is 0. The minimum absolute atomic E-state index is 0.208. The molecule has 0 radical (unpaired) electrons. The number of hydrogen-bond acceptors (Lipinski definition) is 4. The first-order valence-corrected chi connectivity index (χ1v) is 7.30. The van der Waals surface area contributed by atoms with E-state index in [1.807, 2.05) is 24.3 Å². The van der Waals surface area contributed by atoms with Gasteiger partial charge in [-0.05, 0) is 29.3 Å². The van der Waals surface area contributed by atoms with Crippen molar-refractivity contribution in [3.05, 3.63) is 53.8 Å². The molecule has 2 aromatic rings. The van der Waals surface area contributed by atoms with Gasteiger partial charge in [-0.1, -0.05) is 24.3 Å². The van der Waals surface area contributed by atoms with Crippen LogP contribution in [0.3, 0.4) is 0 Å². The molecule has 23 heavy (non-hydrogen) atoms. The monoisotopic (exact) mass is 316 g/mol. The first kappa shape index (κ1) is 15.5. The van der Waals surface area contributed by atoms with Gasteiger partial charge in [-0.3, -0.25) is 4.90 Å². The van der Waals surface area contributed by atoms with E-state index in [1.54, 1.807) is 12.1 Å². The van der Waals surface area contributed by atoms with Gasteiger partial charge in [0.05, 0.1) is 18.8 Å². The predicted molar refractivity (Wildman–Crippen MR) is 84.4 cm³/mol. The number of ether oxygens (including phenoxy) is 1. The third-order valence-electron chi connectivity index (χ3n) is 3.84. The van der Waals surface area contributed by atoms with Crippen molar-refractivity contribution in [3.8, 4) is 11.1 Å². The highest BCUT2D eigenvalue weighted by Gasteiger charge is 2.32. The number of nitrogens with zero attached hydrogens (tertiary/aromatic N) is 1. The van der Waals surface area contributed by atoms with E-state index in [2.05, 4.69) is 0 Å². The van der Waals surface area contributed by atoms with E-state index >= 15 is 0 Å². The van der Waals surface area contributed by atoms with Crippen LogP contribution in [0.4, 0.5) is 14.9 Å². The lowest BCUT2D eigenvalue weighted by Crippen LogP contribution is -2.25. The van der Waals surface area contributed by atoms with Gasteiger partial charge in [0.2, 0.25) is 0 Å². The lowest BCUT2D eigenvalue weighted by molar-refractivity contribution is 0.0963. The molecule has 1 amide bonds. The van der Waals surface area contributed by atoms with E-state index in [0.29, 0.717) is 17.8 Å². The normalized spacial score (nSPS) is 17.4. The molecule has 1 heterocycles. The second kappa shape index (κ2) is 6.36. The molecule has 0 saturated carbocycles. The molecule has 1 saturated heterocycles. The van der Waals surface area contributed by atoms with Gasteiger partial charge in [0.1, 0.15) is 11.9 Å². The van der Waals surface area contributed by atoms with E-state index in [-0.39, 0.29) is 13.2 Å². The van der Waals surface area contributed by atoms with E-state index in [0.717, 1.165) is 11.1 Å². The van der Waals surface area contributed by atoms with Gasteiger partial charge in [-0.15, -0.1) is 0 Å². The fourth-order valence-electron chi connectivity index (χ4n) is 2.55. The van der Waals surface area contributed by atoms with Crippen molar-refractivity contribution in [2.75, 3.05) is 18.1 Å². The third-order valence-corrected chi connectivity index (χ3v) is 3.84. The first-order chi connectivity index (χ1) is 11.1. The maximum atomic E-state index is 14.4. The van der Waals surface area contributed by atoms with Crippen molar-refractivity contribution >= 4 is 11.8 Å². The van der Waals surface area contributed by atoms with Gasteiger partial charge in [-0.2, -0.15) is 0 Å². The second-order valence-electron chi connectivity index (χ2n) is 5.36. The quantitative estimate of drug-likeness (QED) is 0.907. The number of cyclic esters (lactones) is 1. The molecule has 3 N–H and O–H groups in total. The molecule has 0 bridgehead atoms. The maximum Gasteiger partial charge on any atom is 0.414 e. The minimum atomic E-state index is -0.580. The number of rotatable bonds is 4. The molecule has 0 unspecified atom stereocenters. The van der Waals surface area contributed by atoms with Crippen LogP contribution in [0, 0.1) is 5.82 Å². The maximum absolute atomic E-state index is 14.4. The molecule has 1 aliphatic heterocycles. The summed E-state index contributed by atoms with van der Waals surface area (Å²) in [6.45, 7) is 0.389. The van der Waals surface area contributed by atoms with Crippen LogP contribution in [0.15, 0.2) is 42.5 Å². The van der Waals surface area contributed by atoms with E-state index < -0.39 is 18.0 Å². The summed E-state index contributed by atoms with van der Waals surface area (Å²) in [6, 6.07) is 11.9. The highest BCUT2D eigenvalue weighted by Crippen LogP contribution is 2.29. The van der Waals surface area contributed by atoms with Crippen LogP contribution >= 0.6 is 0 Å². The Kier molecular flexibility index (Phi) is 4.27. The zero-order chi connectivity index (χ0) is 16.4. The van der Waals surface area contributed by atoms with Crippen molar-refractivity contribution in [2.45, 2.75) is 12.6 Å². The molecule has 1 atom stereocenters. The highest BCUT2D eigenvalue weighted by molar-refractivity contribution is 5.90. The Morgan fingerprint density at radius 3 is 2.57 bits per heavy atom. The van der Waals surface area contributed by atoms with Crippen molar-refractivity contribution in [1.82, 2.24) is 0 Å². The van der Waals surface area contributed by atoms with Crippen LogP contribution in [0.5, 0.6) is 0 Å². The molecule has 120 valence electrons. The summed E-state index contributed by atoms with van der Waals surface area (Å²) in [6.07, 6.45) is -1.16. The van der Waals surface area contributed by atoms with Gasteiger partial charge < -0.3 is 15.6 Å². The number of halogens is 1. The van der Waals surface area contributed by atoms with Crippen LogP contribution in [-0.4, -0.2) is 30.5 Å². The minimum Gasteiger partial charge on any atom is -0.441 e. The molecule has 0 aliphatic carbocycles. The summed E-state index contributed by atoms with van der Waals surface area (Å²) in [5, 5.41) is 9.05. The Balaban J connectivity index is 1.87. The number of aliphatic hydroxyl groups is 1. The molecule has 2 aromatic carbocycles. The standard InChI is InChI=1S/C17H17FN2O3/c18-16-7-13(20-9-14(10-21)23-17(20)22)5-6-15(16)12-3-1-11(8-19)2-4-12/h1-7,14,21H,8-10,19H2/t14-/m1/s1. The zero-order valence-corrected chi connectivity index (χ0v) is 12.4. The number of aliphatic hydroxyl groups excluding tert-OH is 1. The first-order valence-electron chi connectivity index (χ1n) is 7.30. The van der Waals surface area contributed by atoms with Crippen LogP contribution in [0.1, 0.15) is 5.56 Å². The number of hydrogen-bond donors (Lipinski definition) is 2. The van der Waals surface area contributed by atoms with E-state index in [9.17, 15) is 9.18 Å². The van der Waals surface area contributed by atoms with Crippen molar-refractivity contribution in [3.63, 3.8) is 0 Å². The summed E-state index contributed by atoms with van der Waals surface area (Å²) < 4.78 is 19.4. The van der Waals surface area contributed by atoms with Crippen LogP contribution < -0.4 is 10.6 Å². The zero-order valence-electron chi connectivity index (χ0n) is 12.4. The second-order valence-corrected chi connectivity index (χ2v) is 5.36. The fraction of sp³-hybridized carbons (Fsp3) is 0.235. The van der Waals surface area contributed by atoms with Crippen LogP contribution in [0.25, 0.3) is 11.1 Å². The Bertz CT molecular complexity index is 718. The van der Waals surface area contributed by atoms with Crippen LogP contribution in [-0.2, 0) is 11.3 Å². The Hall–Kier alpha value is -2.44. The molecule has 0 aromatic heterocycles. The van der Waals surface area contributed by atoms with E-state index in [1.165, 1.54) is 11.0 Å². The number of carbonyl (C=O) groups excluding carboxylic acids is 1. The molecule has 5 nitrogen and oxygen atoms in total. The number of nitrogens with two attached hydrogens (primary N) is 1. The number of anilines is 1. The molecule has 1 aliphatic rings. The fourth-order valence-corrected chi connectivity index (χ4v) is 2.55. The number of carbonyl (C=O) groups is 1. The third kappa shape index (κ3) is 3.04. The largest absolute Gasteiger partial charge is 0.441 e. The van der Waals surface area contributed by atoms with Crippen molar-refractivity contribution < 1.29 is 19.0 Å². The lowest BCUT2D eigenvalue weighted by Gasteiger charge is -2.14. The van der Waals surface area contributed by atoms with Gasteiger partial charge >= 0.3 is 6.09 Å². The molecule has 3 rings (SSSR count). The van der Waals surface area contributed by atoms with Crippen LogP contribution in [0.2, 0.25) is 0 Å². The Labute approximate surface area is 133 Å². The average Bonchev–Trinajstić information content (AvgIpc) is 2.96. The lowest BCUT2D eigenvalue weighted by atomic mass is 10.0. The van der Waals surface area contributed by atoms with Crippen molar-refractivity contribution in [1.29, 1.82) is 0 Å². The topological polar surface area (TPSA) is 75.8 Å². The summed E-state index contributed by atoms with van der Waals surface area (Å²) in [4.78, 5) is 13.0.